The SMILES string of the molecule is C=C(C)C(=O)NCCOC(=O)C(=C)C.C=CC(=O)NCCOCCO. The van der Waals surface area contributed by atoms with Gasteiger partial charge in [-0.1, -0.05) is 19.7 Å². The van der Waals surface area contributed by atoms with E-state index in [1.807, 2.05) is 0 Å². The molecule has 0 aromatic rings. The van der Waals surface area contributed by atoms with Crippen LogP contribution in [0, 0.1) is 0 Å². The Morgan fingerprint density at radius 2 is 1.60 bits per heavy atom. The van der Waals surface area contributed by atoms with E-state index in [9.17, 15) is 14.4 Å². The minimum Gasteiger partial charge on any atom is -0.460 e. The molecule has 0 aromatic carbocycles. The summed E-state index contributed by atoms with van der Waals surface area (Å²) in [5.41, 5.74) is 0.771. The van der Waals surface area contributed by atoms with Gasteiger partial charge in [0.2, 0.25) is 11.8 Å². The van der Waals surface area contributed by atoms with Gasteiger partial charge in [-0.25, -0.2) is 4.79 Å². The number of esters is 1. The zero-order valence-electron chi connectivity index (χ0n) is 14.9. The minimum absolute atomic E-state index is 0.00933. The lowest BCUT2D eigenvalue weighted by Crippen LogP contribution is -2.28. The number of hydrogen-bond acceptors (Lipinski definition) is 6. The van der Waals surface area contributed by atoms with E-state index in [1.54, 1.807) is 13.8 Å². The van der Waals surface area contributed by atoms with Gasteiger partial charge in [0.1, 0.15) is 6.61 Å². The van der Waals surface area contributed by atoms with Crippen molar-refractivity contribution in [3.8, 4) is 0 Å². The second kappa shape index (κ2) is 16.4. The molecule has 8 heteroatoms. The first kappa shape index (κ1) is 24.8. The van der Waals surface area contributed by atoms with Gasteiger partial charge in [-0.2, -0.15) is 0 Å². The van der Waals surface area contributed by atoms with Crippen LogP contribution in [0.4, 0.5) is 0 Å². The van der Waals surface area contributed by atoms with Crippen molar-refractivity contribution in [2.24, 2.45) is 0 Å². The van der Waals surface area contributed by atoms with Crippen LogP contribution in [0.3, 0.4) is 0 Å². The van der Waals surface area contributed by atoms with Crippen molar-refractivity contribution in [3.63, 3.8) is 0 Å². The lowest BCUT2D eigenvalue weighted by molar-refractivity contribution is -0.139. The third kappa shape index (κ3) is 17.7. The zero-order chi connectivity index (χ0) is 19.7. The van der Waals surface area contributed by atoms with Crippen LogP contribution in [0.5, 0.6) is 0 Å². The summed E-state index contributed by atoms with van der Waals surface area (Å²) < 4.78 is 9.63. The molecule has 0 saturated carbocycles. The van der Waals surface area contributed by atoms with Crippen molar-refractivity contribution in [1.82, 2.24) is 10.6 Å². The van der Waals surface area contributed by atoms with Gasteiger partial charge in [-0.15, -0.1) is 0 Å². The van der Waals surface area contributed by atoms with E-state index in [0.717, 1.165) is 0 Å². The van der Waals surface area contributed by atoms with Crippen LogP contribution in [-0.2, 0) is 23.9 Å². The summed E-state index contributed by atoms with van der Waals surface area (Å²) in [6.07, 6.45) is 1.20. The van der Waals surface area contributed by atoms with Gasteiger partial charge in [0, 0.05) is 17.7 Å². The Morgan fingerprint density at radius 3 is 2.08 bits per heavy atom. The van der Waals surface area contributed by atoms with E-state index in [4.69, 9.17) is 14.6 Å². The third-order valence-electron chi connectivity index (χ3n) is 2.32. The van der Waals surface area contributed by atoms with Crippen molar-refractivity contribution in [3.05, 3.63) is 37.0 Å². The summed E-state index contributed by atoms with van der Waals surface area (Å²) in [5, 5.41) is 13.4. The van der Waals surface area contributed by atoms with Gasteiger partial charge in [0.05, 0.1) is 26.4 Å². The molecule has 0 fully saturated rings. The third-order valence-corrected chi connectivity index (χ3v) is 2.32. The molecule has 0 heterocycles. The lowest BCUT2D eigenvalue weighted by atomic mass is 10.3. The molecule has 8 nitrogen and oxygen atoms in total. The molecule has 0 aromatic heterocycles. The number of rotatable bonds is 11. The Kier molecular flexibility index (Phi) is 16.3. The van der Waals surface area contributed by atoms with Crippen LogP contribution in [0.1, 0.15) is 13.8 Å². The number of carbonyl (C=O) groups is 3. The van der Waals surface area contributed by atoms with Gasteiger partial charge in [0.15, 0.2) is 0 Å². The standard InChI is InChI=1S/C10H15NO3.C7H13NO3/c1-7(2)9(12)11-5-6-14-10(13)8(3)4;1-2-7(10)8-3-5-11-6-4-9/h1,3,5-6H2,2,4H3,(H,11,12);2,9H,1,3-6H2,(H,8,10). The van der Waals surface area contributed by atoms with Crippen LogP contribution in [0.15, 0.2) is 37.0 Å². The Balaban J connectivity index is 0. The first-order valence-corrected chi connectivity index (χ1v) is 7.61. The van der Waals surface area contributed by atoms with Crippen LogP contribution in [-0.4, -0.2) is 62.4 Å². The average molecular weight is 356 g/mol. The predicted octanol–water partition coefficient (Wildman–Crippen LogP) is 0.0955. The molecule has 0 spiro atoms. The molecular weight excluding hydrogens is 328 g/mol. The molecule has 0 aliphatic rings. The summed E-state index contributed by atoms with van der Waals surface area (Å²) in [5.74, 6) is -0.899. The van der Waals surface area contributed by atoms with Crippen LogP contribution in [0.2, 0.25) is 0 Å². The molecule has 0 saturated heterocycles. The predicted molar refractivity (Wildman–Crippen MR) is 94.7 cm³/mol. The number of aliphatic hydroxyl groups is 1. The largest absolute Gasteiger partial charge is 0.460 e. The lowest BCUT2D eigenvalue weighted by Gasteiger charge is -2.05. The molecule has 0 atom stereocenters. The van der Waals surface area contributed by atoms with Gasteiger partial charge in [0.25, 0.3) is 0 Å². The molecule has 0 aliphatic carbocycles. The molecule has 0 radical (unpaired) electrons. The maximum atomic E-state index is 11.0. The van der Waals surface area contributed by atoms with Crippen molar-refractivity contribution in [2.75, 3.05) is 39.5 Å². The van der Waals surface area contributed by atoms with Crippen molar-refractivity contribution in [1.29, 1.82) is 0 Å². The molecule has 3 N–H and O–H groups in total. The number of carbonyl (C=O) groups excluding carboxylic acids is 3. The summed E-state index contributed by atoms with van der Waals surface area (Å²) in [7, 11) is 0. The molecule has 0 bridgehead atoms. The fourth-order valence-electron chi connectivity index (χ4n) is 1.07. The topological polar surface area (TPSA) is 114 Å². The minimum atomic E-state index is -0.449. The highest BCUT2D eigenvalue weighted by molar-refractivity contribution is 5.92. The molecule has 0 rings (SSSR count). The van der Waals surface area contributed by atoms with Gasteiger partial charge in [-0.3, -0.25) is 9.59 Å². The summed E-state index contributed by atoms with van der Waals surface area (Å²) in [4.78, 5) is 32.3. The quantitative estimate of drug-likeness (QED) is 0.275. The number of hydrogen-bond donors (Lipinski definition) is 3. The van der Waals surface area contributed by atoms with E-state index in [1.165, 1.54) is 6.08 Å². The molecular formula is C17H28N2O6. The van der Waals surface area contributed by atoms with Crippen LogP contribution in [0.25, 0.3) is 0 Å². The van der Waals surface area contributed by atoms with Crippen LogP contribution < -0.4 is 10.6 Å². The van der Waals surface area contributed by atoms with Crippen molar-refractivity contribution in [2.45, 2.75) is 13.8 Å². The highest BCUT2D eigenvalue weighted by Gasteiger charge is 2.03. The summed E-state index contributed by atoms with van der Waals surface area (Å²) >= 11 is 0. The fourth-order valence-corrected chi connectivity index (χ4v) is 1.07. The van der Waals surface area contributed by atoms with E-state index in [0.29, 0.717) is 30.9 Å². The monoisotopic (exact) mass is 356 g/mol. The van der Waals surface area contributed by atoms with Crippen LogP contribution >= 0.6 is 0 Å². The van der Waals surface area contributed by atoms with Crippen molar-refractivity contribution < 1.29 is 29.0 Å². The first-order valence-electron chi connectivity index (χ1n) is 7.61. The molecule has 142 valence electrons. The Hall–Kier alpha value is -2.45. The molecule has 25 heavy (non-hydrogen) atoms. The highest BCUT2D eigenvalue weighted by Crippen LogP contribution is 1.91. The normalized spacial score (nSPS) is 9.08. The Bertz CT molecular complexity index is 446. The Morgan fingerprint density at radius 1 is 1.00 bits per heavy atom. The molecule has 0 aliphatic heterocycles. The number of aliphatic hydroxyl groups excluding tert-OH is 1. The Labute approximate surface area is 148 Å². The zero-order valence-corrected chi connectivity index (χ0v) is 14.9. The van der Waals surface area contributed by atoms with E-state index in [-0.39, 0.29) is 31.6 Å². The maximum absolute atomic E-state index is 11.0. The van der Waals surface area contributed by atoms with E-state index < -0.39 is 5.97 Å². The van der Waals surface area contributed by atoms with Gasteiger partial charge >= 0.3 is 5.97 Å². The molecule has 0 unspecified atom stereocenters. The number of ether oxygens (including phenoxy) is 2. The smallest absolute Gasteiger partial charge is 0.333 e. The fraction of sp³-hybridized carbons (Fsp3) is 0.471. The summed E-state index contributed by atoms with van der Waals surface area (Å²) in [6.45, 7) is 14.9. The number of amides is 2. The van der Waals surface area contributed by atoms with E-state index in [2.05, 4.69) is 30.4 Å². The van der Waals surface area contributed by atoms with E-state index >= 15 is 0 Å². The first-order chi connectivity index (χ1) is 11.8. The van der Waals surface area contributed by atoms with Gasteiger partial charge in [-0.05, 0) is 19.9 Å². The second-order valence-electron chi connectivity index (χ2n) is 4.78. The van der Waals surface area contributed by atoms with Crippen molar-refractivity contribution >= 4 is 17.8 Å². The number of nitrogens with one attached hydrogen (secondary N) is 2. The average Bonchev–Trinajstić information content (AvgIpc) is 2.58. The molecule has 2 amide bonds. The van der Waals surface area contributed by atoms with Gasteiger partial charge < -0.3 is 25.2 Å². The highest BCUT2D eigenvalue weighted by atomic mass is 16.5. The summed E-state index contributed by atoms with van der Waals surface area (Å²) in [6, 6.07) is 0. The maximum Gasteiger partial charge on any atom is 0.333 e. The second-order valence-corrected chi connectivity index (χ2v) is 4.78.